The Labute approximate surface area is 205 Å². The van der Waals surface area contributed by atoms with Gasteiger partial charge in [0, 0.05) is 21.2 Å². The van der Waals surface area contributed by atoms with Gasteiger partial charge in [0.05, 0.1) is 12.1 Å². The molecule has 0 spiro atoms. The van der Waals surface area contributed by atoms with Crippen molar-refractivity contribution in [2.45, 2.75) is 19.8 Å². The summed E-state index contributed by atoms with van der Waals surface area (Å²) in [5.41, 5.74) is 3.24. The second-order valence-electron chi connectivity index (χ2n) is 8.37. The number of aryl methyl sites for hydroxylation is 2. The van der Waals surface area contributed by atoms with Crippen LogP contribution in [0, 0.1) is 6.92 Å². The van der Waals surface area contributed by atoms with E-state index in [1.165, 1.54) is 11.3 Å². The number of aromatic carboxylic acids is 2. The summed E-state index contributed by atoms with van der Waals surface area (Å²) in [4.78, 5) is 27.7. The van der Waals surface area contributed by atoms with Gasteiger partial charge in [-0.2, -0.15) is 0 Å². The number of carbonyl (C=O) groups is 2. The summed E-state index contributed by atoms with van der Waals surface area (Å²) in [6.45, 7) is 2.31. The Bertz CT molecular complexity index is 1570. The summed E-state index contributed by atoms with van der Waals surface area (Å²) < 4.78 is 6.05. The maximum Gasteiger partial charge on any atom is 0.352 e. The van der Waals surface area contributed by atoms with E-state index in [0.717, 1.165) is 43.5 Å². The summed E-state index contributed by atoms with van der Waals surface area (Å²) in [6.07, 6.45) is 1.17. The third-order valence-corrected chi connectivity index (χ3v) is 7.37. The minimum Gasteiger partial charge on any atom is -0.493 e. The van der Waals surface area contributed by atoms with Crippen LogP contribution in [0.3, 0.4) is 0 Å². The third kappa shape index (κ3) is 4.26. The lowest BCUT2D eigenvalue weighted by Crippen LogP contribution is -2.04. The molecule has 0 atom stereocenters. The number of carboxylic acid groups (broad SMARTS) is 2. The molecule has 2 aromatic heterocycles. The number of aromatic nitrogens is 1. The molecule has 0 aliphatic carbocycles. The number of carboxylic acids is 2. The van der Waals surface area contributed by atoms with Crippen LogP contribution >= 0.6 is 11.3 Å². The fourth-order valence-electron chi connectivity index (χ4n) is 4.51. The van der Waals surface area contributed by atoms with E-state index in [4.69, 9.17) is 4.74 Å². The molecule has 3 N–H and O–H groups in total. The van der Waals surface area contributed by atoms with Crippen LogP contribution in [0.4, 0.5) is 0 Å². The predicted molar refractivity (Wildman–Crippen MR) is 138 cm³/mol. The zero-order valence-corrected chi connectivity index (χ0v) is 19.8. The van der Waals surface area contributed by atoms with E-state index in [2.05, 4.69) is 4.98 Å². The van der Waals surface area contributed by atoms with E-state index in [1.807, 2.05) is 67.6 Å². The normalized spacial score (nSPS) is 11.2. The summed E-state index contributed by atoms with van der Waals surface area (Å²) in [5, 5.41) is 22.2. The van der Waals surface area contributed by atoms with Crippen LogP contribution < -0.4 is 4.74 Å². The van der Waals surface area contributed by atoms with Gasteiger partial charge in [-0.3, -0.25) is 0 Å². The first kappa shape index (κ1) is 22.7. The maximum absolute atomic E-state index is 12.1. The number of hydrogen-bond donors (Lipinski definition) is 3. The van der Waals surface area contributed by atoms with Crippen molar-refractivity contribution in [2.24, 2.45) is 0 Å². The van der Waals surface area contributed by atoms with E-state index in [0.29, 0.717) is 25.0 Å². The zero-order chi connectivity index (χ0) is 24.5. The second kappa shape index (κ2) is 9.27. The van der Waals surface area contributed by atoms with Crippen molar-refractivity contribution in [3.05, 3.63) is 88.4 Å². The molecule has 35 heavy (non-hydrogen) atoms. The Morgan fingerprint density at radius 3 is 2.46 bits per heavy atom. The molecular formula is C28H23NO5S. The molecule has 0 saturated heterocycles. The van der Waals surface area contributed by atoms with Crippen molar-refractivity contribution in [1.82, 2.24) is 4.98 Å². The van der Waals surface area contributed by atoms with Gasteiger partial charge in [-0.15, -0.1) is 11.3 Å². The largest absolute Gasteiger partial charge is 0.493 e. The summed E-state index contributed by atoms with van der Waals surface area (Å²) >= 11 is 1.19. The van der Waals surface area contributed by atoms with Gasteiger partial charge in [0.1, 0.15) is 16.3 Å². The van der Waals surface area contributed by atoms with E-state index >= 15 is 0 Å². The Hall–Kier alpha value is -4.10. The van der Waals surface area contributed by atoms with Gasteiger partial charge < -0.3 is 19.9 Å². The highest BCUT2D eigenvalue weighted by Crippen LogP contribution is 2.38. The number of ether oxygens (including phenoxy) is 1. The number of para-hydroxylation sites is 1. The molecule has 7 heteroatoms. The standard InChI is InChI=1S/C28H23NO5S/c1-16-15-23(27(30)31)35-26(16)21-11-5-10-19-20(25(28(32)33)29-24(19)21)12-6-14-34-22-13-4-8-17-7-2-3-9-18(17)22/h2-5,7-11,13,15,29H,6,12,14H2,1H3,(H,30,31)(H,32,33). The van der Waals surface area contributed by atoms with Gasteiger partial charge in [0.25, 0.3) is 0 Å². The summed E-state index contributed by atoms with van der Waals surface area (Å²) in [5.74, 6) is -1.18. The lowest BCUT2D eigenvalue weighted by molar-refractivity contribution is 0.0684. The van der Waals surface area contributed by atoms with Gasteiger partial charge in [-0.05, 0) is 48.4 Å². The average Bonchev–Trinajstić information content (AvgIpc) is 3.43. The van der Waals surface area contributed by atoms with Gasteiger partial charge in [-0.1, -0.05) is 54.6 Å². The first-order chi connectivity index (χ1) is 16.9. The van der Waals surface area contributed by atoms with Crippen LogP contribution in [-0.4, -0.2) is 33.7 Å². The summed E-state index contributed by atoms with van der Waals surface area (Å²) in [7, 11) is 0. The molecule has 176 valence electrons. The lowest BCUT2D eigenvalue weighted by atomic mass is 10.0. The Kier molecular flexibility index (Phi) is 6.01. The second-order valence-corrected chi connectivity index (χ2v) is 9.42. The van der Waals surface area contributed by atoms with Gasteiger partial charge >= 0.3 is 11.9 Å². The van der Waals surface area contributed by atoms with Crippen LogP contribution in [-0.2, 0) is 6.42 Å². The highest BCUT2D eigenvalue weighted by Gasteiger charge is 2.21. The molecule has 6 nitrogen and oxygen atoms in total. The van der Waals surface area contributed by atoms with E-state index in [9.17, 15) is 19.8 Å². The molecule has 0 unspecified atom stereocenters. The van der Waals surface area contributed by atoms with Crippen molar-refractivity contribution in [1.29, 1.82) is 0 Å². The number of nitrogens with one attached hydrogen (secondary N) is 1. The van der Waals surface area contributed by atoms with Crippen LogP contribution in [0.5, 0.6) is 5.75 Å². The number of aromatic amines is 1. The molecule has 0 radical (unpaired) electrons. The fourth-order valence-corrected chi connectivity index (χ4v) is 5.56. The number of thiophene rings is 1. The SMILES string of the molecule is Cc1cc(C(=O)O)sc1-c1cccc2c(CCCOc3cccc4ccccc34)c(C(=O)O)[nH]c12. The zero-order valence-electron chi connectivity index (χ0n) is 19.0. The van der Waals surface area contributed by atoms with E-state index in [-0.39, 0.29) is 10.6 Å². The Morgan fingerprint density at radius 1 is 0.943 bits per heavy atom. The molecular weight excluding hydrogens is 462 g/mol. The van der Waals surface area contributed by atoms with E-state index < -0.39 is 11.9 Å². The Balaban J connectivity index is 1.43. The first-order valence-electron chi connectivity index (χ1n) is 11.3. The van der Waals surface area contributed by atoms with Gasteiger partial charge in [-0.25, -0.2) is 9.59 Å². The molecule has 5 aromatic rings. The molecule has 2 heterocycles. The van der Waals surface area contributed by atoms with Crippen molar-refractivity contribution in [2.75, 3.05) is 6.61 Å². The number of rotatable bonds is 8. The highest BCUT2D eigenvalue weighted by molar-refractivity contribution is 7.17. The molecule has 0 saturated carbocycles. The van der Waals surface area contributed by atoms with Crippen molar-refractivity contribution < 1.29 is 24.5 Å². The molecule has 3 aromatic carbocycles. The molecule has 5 rings (SSSR count). The first-order valence-corrected chi connectivity index (χ1v) is 12.1. The quantitative estimate of drug-likeness (QED) is 0.211. The van der Waals surface area contributed by atoms with Crippen molar-refractivity contribution in [3.63, 3.8) is 0 Å². The average molecular weight is 486 g/mol. The minimum absolute atomic E-state index is 0.158. The number of benzene rings is 3. The topological polar surface area (TPSA) is 99.6 Å². The summed E-state index contributed by atoms with van der Waals surface area (Å²) in [6, 6.07) is 21.3. The fraction of sp³-hybridized carbons (Fsp3) is 0.143. The van der Waals surface area contributed by atoms with Crippen LogP contribution in [0.15, 0.2) is 66.7 Å². The third-order valence-electron chi connectivity index (χ3n) is 6.11. The number of H-pyrrole nitrogens is 1. The molecule has 0 bridgehead atoms. The van der Waals surface area contributed by atoms with Gasteiger partial charge in [0.2, 0.25) is 0 Å². The molecule has 0 amide bonds. The van der Waals surface area contributed by atoms with Crippen LogP contribution in [0.2, 0.25) is 0 Å². The van der Waals surface area contributed by atoms with Crippen LogP contribution in [0.1, 0.15) is 37.7 Å². The maximum atomic E-state index is 12.1. The van der Waals surface area contributed by atoms with Gasteiger partial charge in [0.15, 0.2) is 0 Å². The molecule has 0 aliphatic rings. The van der Waals surface area contributed by atoms with Crippen molar-refractivity contribution in [3.8, 4) is 16.2 Å². The Morgan fingerprint density at radius 2 is 1.69 bits per heavy atom. The monoisotopic (exact) mass is 485 g/mol. The number of hydrogen-bond acceptors (Lipinski definition) is 4. The highest BCUT2D eigenvalue weighted by atomic mass is 32.1. The minimum atomic E-state index is -1.02. The van der Waals surface area contributed by atoms with E-state index in [1.54, 1.807) is 6.07 Å². The predicted octanol–water partition coefficient (Wildman–Crippen LogP) is 6.77. The van der Waals surface area contributed by atoms with Crippen molar-refractivity contribution >= 4 is 45.0 Å². The lowest BCUT2D eigenvalue weighted by Gasteiger charge is -2.09. The number of fused-ring (bicyclic) bond motifs is 2. The molecule has 0 aliphatic heterocycles. The molecule has 0 fully saturated rings. The van der Waals surface area contributed by atoms with Crippen LogP contribution in [0.25, 0.3) is 32.1 Å². The smallest absolute Gasteiger partial charge is 0.352 e.